The van der Waals surface area contributed by atoms with Crippen molar-refractivity contribution in [2.24, 2.45) is 0 Å². The molecule has 0 amide bonds. The monoisotopic (exact) mass is 362 g/mol. The van der Waals surface area contributed by atoms with Crippen LogP contribution in [0.5, 0.6) is 0 Å². The van der Waals surface area contributed by atoms with Gasteiger partial charge in [-0.3, -0.25) is 0 Å². The number of anilines is 2. The highest BCUT2D eigenvalue weighted by Crippen LogP contribution is 2.23. The summed E-state index contributed by atoms with van der Waals surface area (Å²) in [7, 11) is 0. The summed E-state index contributed by atoms with van der Waals surface area (Å²) in [5.74, 6) is -0.341. The van der Waals surface area contributed by atoms with E-state index in [9.17, 15) is 4.79 Å². The number of ether oxygens (including phenoxy) is 1. The van der Waals surface area contributed by atoms with Crippen LogP contribution in [0.1, 0.15) is 29.8 Å². The molecule has 0 saturated heterocycles. The van der Waals surface area contributed by atoms with Gasteiger partial charge in [0.2, 0.25) is 0 Å². The maximum absolute atomic E-state index is 11.8. The van der Waals surface area contributed by atoms with Crippen molar-refractivity contribution < 1.29 is 9.53 Å². The Hall–Kier alpha value is -2.11. The van der Waals surface area contributed by atoms with Crippen LogP contribution in [-0.4, -0.2) is 17.2 Å². The Morgan fingerprint density at radius 1 is 1.12 bits per heavy atom. The number of thiocarbonyl (C=S) groups is 1. The van der Waals surface area contributed by atoms with Gasteiger partial charge >= 0.3 is 5.97 Å². The van der Waals surface area contributed by atoms with Crippen molar-refractivity contribution >= 4 is 46.3 Å². The molecule has 0 aliphatic carbocycles. The number of esters is 1. The minimum absolute atomic E-state index is 0.145. The lowest BCUT2D eigenvalue weighted by molar-refractivity contribution is 0.0378. The van der Waals surface area contributed by atoms with Crippen molar-refractivity contribution in [1.29, 1.82) is 0 Å². The van der Waals surface area contributed by atoms with E-state index >= 15 is 0 Å². The summed E-state index contributed by atoms with van der Waals surface area (Å²) in [6, 6.07) is 12.5. The van der Waals surface area contributed by atoms with E-state index in [4.69, 9.17) is 28.6 Å². The van der Waals surface area contributed by atoms with E-state index in [-0.39, 0.29) is 12.1 Å². The number of carbonyl (C=O) groups excluding carboxylic acids is 1. The van der Waals surface area contributed by atoms with Gasteiger partial charge < -0.3 is 15.4 Å². The second kappa shape index (κ2) is 8.13. The van der Waals surface area contributed by atoms with E-state index in [1.165, 1.54) is 0 Å². The van der Waals surface area contributed by atoms with Crippen LogP contribution in [-0.2, 0) is 4.74 Å². The maximum Gasteiger partial charge on any atom is 0.338 e. The third-order valence-electron chi connectivity index (χ3n) is 3.24. The largest absolute Gasteiger partial charge is 0.459 e. The lowest BCUT2D eigenvalue weighted by atomic mass is 10.2. The number of halogens is 1. The minimum Gasteiger partial charge on any atom is -0.459 e. The molecule has 0 aliphatic heterocycles. The summed E-state index contributed by atoms with van der Waals surface area (Å²) in [6.45, 7) is 5.55. The number of carbonyl (C=O) groups is 1. The van der Waals surface area contributed by atoms with Gasteiger partial charge in [0.25, 0.3) is 0 Å². The topological polar surface area (TPSA) is 50.4 Å². The van der Waals surface area contributed by atoms with E-state index in [1.54, 1.807) is 24.3 Å². The normalized spacial score (nSPS) is 10.4. The molecule has 0 spiro atoms. The summed E-state index contributed by atoms with van der Waals surface area (Å²) >= 11 is 11.4. The fourth-order valence-electron chi connectivity index (χ4n) is 2.00. The van der Waals surface area contributed by atoms with E-state index in [1.807, 2.05) is 39.0 Å². The van der Waals surface area contributed by atoms with Crippen LogP contribution in [0.2, 0.25) is 5.02 Å². The lowest BCUT2D eigenvalue weighted by Gasteiger charge is -2.13. The van der Waals surface area contributed by atoms with Gasteiger partial charge in [-0.15, -0.1) is 0 Å². The van der Waals surface area contributed by atoms with Crippen LogP contribution < -0.4 is 10.6 Å². The third-order valence-corrected chi connectivity index (χ3v) is 3.85. The van der Waals surface area contributed by atoms with E-state index in [2.05, 4.69) is 10.6 Å². The number of benzene rings is 2. The first-order valence-electron chi connectivity index (χ1n) is 7.51. The molecular weight excluding hydrogens is 344 g/mol. The average molecular weight is 363 g/mol. The Morgan fingerprint density at radius 2 is 1.79 bits per heavy atom. The molecule has 0 fully saturated rings. The van der Waals surface area contributed by atoms with Crippen molar-refractivity contribution in [2.45, 2.75) is 26.9 Å². The molecule has 0 bridgehead atoms. The third kappa shape index (κ3) is 4.94. The average Bonchev–Trinajstić information content (AvgIpc) is 2.52. The van der Waals surface area contributed by atoms with E-state index in [0.29, 0.717) is 15.7 Å². The second-order valence-electron chi connectivity index (χ2n) is 5.52. The Bertz CT molecular complexity index is 745. The summed E-state index contributed by atoms with van der Waals surface area (Å²) in [5.41, 5.74) is 3.04. The Balaban J connectivity index is 1.99. The first-order chi connectivity index (χ1) is 11.4. The lowest BCUT2D eigenvalue weighted by Crippen LogP contribution is -2.19. The molecule has 0 atom stereocenters. The smallest absolute Gasteiger partial charge is 0.338 e. The van der Waals surface area contributed by atoms with Gasteiger partial charge in [0.15, 0.2) is 5.11 Å². The second-order valence-corrected chi connectivity index (χ2v) is 6.34. The molecule has 0 aromatic heterocycles. The van der Waals surface area contributed by atoms with Crippen LogP contribution in [0.15, 0.2) is 42.5 Å². The van der Waals surface area contributed by atoms with Crippen molar-refractivity contribution in [3.63, 3.8) is 0 Å². The molecule has 2 aromatic carbocycles. The molecule has 0 saturated carbocycles. The molecule has 24 heavy (non-hydrogen) atoms. The van der Waals surface area contributed by atoms with Gasteiger partial charge in [0.05, 0.1) is 11.7 Å². The highest BCUT2D eigenvalue weighted by molar-refractivity contribution is 7.80. The molecular formula is C18H19ClN2O2S. The molecule has 0 heterocycles. The van der Waals surface area contributed by atoms with Crippen LogP contribution in [0.25, 0.3) is 0 Å². The van der Waals surface area contributed by atoms with Crippen LogP contribution in [0.3, 0.4) is 0 Å². The van der Waals surface area contributed by atoms with Gasteiger partial charge in [-0.2, -0.15) is 0 Å². The van der Waals surface area contributed by atoms with Crippen LogP contribution >= 0.6 is 23.8 Å². The molecule has 0 radical (unpaired) electrons. The fourth-order valence-corrected chi connectivity index (χ4v) is 2.40. The maximum atomic E-state index is 11.8. The summed E-state index contributed by atoms with van der Waals surface area (Å²) < 4.78 is 5.15. The van der Waals surface area contributed by atoms with Crippen LogP contribution in [0, 0.1) is 6.92 Å². The molecule has 0 aliphatic rings. The highest BCUT2D eigenvalue weighted by Gasteiger charge is 2.09. The van der Waals surface area contributed by atoms with Gasteiger partial charge in [0.1, 0.15) is 0 Å². The zero-order chi connectivity index (χ0) is 17.7. The van der Waals surface area contributed by atoms with Crippen molar-refractivity contribution in [3.05, 3.63) is 58.6 Å². The number of rotatable bonds is 4. The van der Waals surface area contributed by atoms with Gasteiger partial charge in [-0.25, -0.2) is 4.79 Å². The number of nitrogens with one attached hydrogen (secondary N) is 2. The summed E-state index contributed by atoms with van der Waals surface area (Å²) in [4.78, 5) is 11.8. The first kappa shape index (κ1) is 18.2. The molecule has 2 N–H and O–H groups in total. The van der Waals surface area contributed by atoms with Gasteiger partial charge in [-0.05, 0) is 75.0 Å². The van der Waals surface area contributed by atoms with Crippen LogP contribution in [0.4, 0.5) is 11.4 Å². The standard InChI is InChI=1S/C18H19ClN2O2S/c1-11(2)23-17(22)13-7-9-14(10-8-13)20-18(24)21-16-6-4-5-15(19)12(16)3/h4-11H,1-3H3,(H2,20,21,24). The molecule has 2 aromatic rings. The summed E-state index contributed by atoms with van der Waals surface area (Å²) in [6.07, 6.45) is -0.145. The van der Waals surface area contributed by atoms with Gasteiger partial charge in [-0.1, -0.05) is 17.7 Å². The number of hydrogen-bond acceptors (Lipinski definition) is 3. The zero-order valence-corrected chi connectivity index (χ0v) is 15.3. The predicted molar refractivity (Wildman–Crippen MR) is 103 cm³/mol. The Kier molecular flexibility index (Phi) is 6.17. The Morgan fingerprint density at radius 3 is 2.42 bits per heavy atom. The number of hydrogen-bond donors (Lipinski definition) is 2. The highest BCUT2D eigenvalue weighted by atomic mass is 35.5. The fraction of sp³-hybridized carbons (Fsp3) is 0.222. The van der Waals surface area contributed by atoms with Crippen molar-refractivity contribution in [1.82, 2.24) is 0 Å². The Labute approximate surface area is 152 Å². The molecule has 4 nitrogen and oxygen atoms in total. The summed E-state index contributed by atoms with van der Waals surface area (Å²) in [5, 5.41) is 7.30. The first-order valence-corrected chi connectivity index (χ1v) is 8.29. The van der Waals surface area contributed by atoms with Crippen molar-refractivity contribution in [3.8, 4) is 0 Å². The SMILES string of the molecule is Cc1c(Cl)cccc1NC(=S)Nc1ccc(C(=O)OC(C)C)cc1. The van der Waals surface area contributed by atoms with E-state index < -0.39 is 0 Å². The quantitative estimate of drug-likeness (QED) is 0.590. The van der Waals surface area contributed by atoms with E-state index in [0.717, 1.165) is 16.9 Å². The molecule has 2 rings (SSSR count). The van der Waals surface area contributed by atoms with Crippen molar-refractivity contribution in [2.75, 3.05) is 10.6 Å². The zero-order valence-electron chi connectivity index (χ0n) is 13.7. The van der Waals surface area contributed by atoms with Gasteiger partial charge in [0, 0.05) is 16.4 Å². The molecule has 6 heteroatoms. The molecule has 126 valence electrons. The molecule has 0 unspecified atom stereocenters. The predicted octanol–water partition coefficient (Wildman–Crippen LogP) is 5.02. The minimum atomic E-state index is -0.341.